The van der Waals surface area contributed by atoms with Crippen LogP contribution >= 0.6 is 11.8 Å². The second-order valence-corrected chi connectivity index (χ2v) is 11.0. The Bertz CT molecular complexity index is 959. The third-order valence-electron chi connectivity index (χ3n) is 7.04. The Hall–Kier alpha value is -2.30. The van der Waals surface area contributed by atoms with Gasteiger partial charge in [-0.05, 0) is 80.1 Å². The quantitative estimate of drug-likeness (QED) is 0.154. The molecule has 0 aromatic heterocycles. The molecular formula is C30H42N3S+. The maximum atomic E-state index is 6.42. The molecule has 4 heteroatoms. The van der Waals surface area contributed by atoms with Crippen molar-refractivity contribution in [3.63, 3.8) is 0 Å². The molecule has 0 bridgehead atoms. The summed E-state index contributed by atoms with van der Waals surface area (Å²) in [5.74, 6) is 0. The van der Waals surface area contributed by atoms with Gasteiger partial charge in [-0.25, -0.2) is 5.41 Å². The maximum Gasteiger partial charge on any atom is 0.243 e. The molecule has 2 aliphatic carbocycles. The summed E-state index contributed by atoms with van der Waals surface area (Å²) in [6.07, 6.45) is 14.6. The highest BCUT2D eigenvalue weighted by Crippen LogP contribution is 2.40. The van der Waals surface area contributed by atoms with Crippen LogP contribution < -0.4 is 16.0 Å². The molecule has 1 aromatic carbocycles. The molecule has 1 unspecified atom stereocenters. The first kappa shape index (κ1) is 26.3. The second-order valence-electron chi connectivity index (χ2n) is 9.84. The fourth-order valence-electron chi connectivity index (χ4n) is 4.50. The summed E-state index contributed by atoms with van der Waals surface area (Å²) in [5, 5.41) is 14.4. The van der Waals surface area contributed by atoms with E-state index >= 15 is 0 Å². The molecule has 0 aliphatic heterocycles. The third kappa shape index (κ3) is 7.35. The van der Waals surface area contributed by atoms with Crippen molar-refractivity contribution in [2.45, 2.75) is 64.8 Å². The molecule has 0 heterocycles. The predicted octanol–water partition coefficient (Wildman–Crippen LogP) is 6.19. The van der Waals surface area contributed by atoms with Crippen LogP contribution in [-0.4, -0.2) is 24.2 Å². The Kier molecular flexibility index (Phi) is 9.61. The number of allylic oxidation sites excluding steroid dienone is 6. The second kappa shape index (κ2) is 12.4. The van der Waals surface area contributed by atoms with Crippen LogP contribution in [-0.2, 0) is 0 Å². The van der Waals surface area contributed by atoms with E-state index in [2.05, 4.69) is 86.7 Å². The fourth-order valence-corrected chi connectivity index (χ4v) is 5.29. The van der Waals surface area contributed by atoms with E-state index in [0.717, 1.165) is 72.0 Å². The van der Waals surface area contributed by atoms with Crippen LogP contribution in [0.3, 0.4) is 0 Å². The van der Waals surface area contributed by atoms with Crippen LogP contribution in [0.25, 0.3) is 0 Å². The number of nitrogens with one attached hydrogen (secondary N) is 2. The van der Waals surface area contributed by atoms with Gasteiger partial charge in [-0.3, -0.25) is 0 Å². The van der Waals surface area contributed by atoms with Gasteiger partial charge in [-0.2, -0.15) is 0 Å². The molecule has 3 rings (SSSR count). The Morgan fingerprint density at radius 3 is 2.47 bits per heavy atom. The van der Waals surface area contributed by atoms with Gasteiger partial charge in [-0.1, -0.05) is 69.4 Å². The summed E-state index contributed by atoms with van der Waals surface area (Å²) in [4.78, 5) is 0.983. The summed E-state index contributed by atoms with van der Waals surface area (Å²) in [7, 11) is 0. The van der Waals surface area contributed by atoms with Gasteiger partial charge in [0.2, 0.25) is 5.04 Å². The van der Waals surface area contributed by atoms with Gasteiger partial charge in [0.1, 0.15) is 0 Å². The number of nitrogens with two attached hydrogens (primary N) is 1. The van der Waals surface area contributed by atoms with Crippen molar-refractivity contribution in [3.05, 3.63) is 89.4 Å². The topological polar surface area (TPSA) is 49.6 Å². The minimum atomic E-state index is 0.0452. The largest absolute Gasteiger partial charge is 0.384 e. The number of benzene rings is 1. The predicted molar refractivity (Wildman–Crippen MR) is 151 cm³/mol. The molecule has 1 saturated carbocycles. The zero-order valence-corrected chi connectivity index (χ0v) is 21.9. The van der Waals surface area contributed by atoms with Crippen molar-refractivity contribution in [1.29, 1.82) is 0 Å². The molecule has 0 spiro atoms. The van der Waals surface area contributed by atoms with Gasteiger partial charge < -0.3 is 10.6 Å². The van der Waals surface area contributed by atoms with E-state index in [4.69, 9.17) is 5.41 Å². The lowest BCUT2D eigenvalue weighted by Gasteiger charge is -2.30. The van der Waals surface area contributed by atoms with Crippen LogP contribution in [0.15, 0.2) is 83.9 Å². The monoisotopic (exact) mass is 476 g/mol. The SMILES string of the molecule is C=C1CCC(NCCNc2ccc(C(=[NH2+])SC(=C)C3=CCC(C)(C(=C)CCC)C=C3)cc2)CC1. The molecule has 1 fully saturated rings. The lowest BCUT2D eigenvalue weighted by molar-refractivity contribution is -0.107. The van der Waals surface area contributed by atoms with E-state index in [9.17, 15) is 0 Å². The first-order valence-corrected chi connectivity index (χ1v) is 13.4. The van der Waals surface area contributed by atoms with E-state index in [1.807, 2.05) is 0 Å². The Morgan fingerprint density at radius 2 is 1.85 bits per heavy atom. The number of anilines is 1. The standard InChI is InChI=1S/C30H41N3S/c1-6-7-23(3)30(5)18-16-25(17-19-30)24(4)34-29(31)26-10-14-28(15-11-26)33-21-20-32-27-12-8-22(2)9-13-27/h10-11,14-18,27,31-33H,2-4,6-9,12-13,19-21H2,1,5H3/p+1. The maximum absolute atomic E-state index is 6.42. The van der Waals surface area contributed by atoms with Crippen molar-refractivity contribution in [1.82, 2.24) is 5.32 Å². The van der Waals surface area contributed by atoms with Crippen LogP contribution in [0.5, 0.6) is 0 Å². The molecule has 0 amide bonds. The normalized spacial score (nSPS) is 20.6. The van der Waals surface area contributed by atoms with Gasteiger partial charge in [0, 0.05) is 35.1 Å². The van der Waals surface area contributed by atoms with Crippen molar-refractivity contribution in [3.8, 4) is 0 Å². The van der Waals surface area contributed by atoms with E-state index in [0.29, 0.717) is 6.04 Å². The Morgan fingerprint density at radius 1 is 1.15 bits per heavy atom. The number of hydrogen-bond donors (Lipinski definition) is 3. The average molecular weight is 477 g/mol. The first-order valence-electron chi connectivity index (χ1n) is 12.6. The number of hydrogen-bond acceptors (Lipinski definition) is 3. The summed E-state index contributed by atoms with van der Waals surface area (Å²) in [5.41, 5.74) is 6.04. The molecule has 3 nitrogen and oxygen atoms in total. The highest BCUT2D eigenvalue weighted by molar-refractivity contribution is 8.17. The first-order chi connectivity index (χ1) is 16.3. The summed E-state index contributed by atoms with van der Waals surface area (Å²) < 4.78 is 0. The lowest BCUT2D eigenvalue weighted by Crippen LogP contribution is -2.38. The van der Waals surface area contributed by atoms with Gasteiger partial charge in [0.15, 0.2) is 0 Å². The van der Waals surface area contributed by atoms with Gasteiger partial charge >= 0.3 is 0 Å². The van der Waals surface area contributed by atoms with Crippen molar-refractivity contribution in [2.75, 3.05) is 18.4 Å². The van der Waals surface area contributed by atoms with Crippen molar-refractivity contribution in [2.24, 2.45) is 5.41 Å². The Balaban J connectivity index is 1.42. The van der Waals surface area contributed by atoms with Crippen molar-refractivity contribution >= 4 is 22.5 Å². The van der Waals surface area contributed by atoms with E-state index < -0.39 is 0 Å². The van der Waals surface area contributed by atoms with E-state index in [1.165, 1.54) is 24.0 Å². The Labute approximate surface area is 211 Å². The minimum absolute atomic E-state index is 0.0452. The zero-order chi connectivity index (χ0) is 24.6. The smallest absolute Gasteiger partial charge is 0.243 e. The lowest BCUT2D eigenvalue weighted by atomic mass is 9.75. The van der Waals surface area contributed by atoms with Crippen LogP contribution in [0.2, 0.25) is 0 Å². The molecule has 1 aromatic rings. The van der Waals surface area contributed by atoms with E-state index in [-0.39, 0.29) is 5.41 Å². The summed E-state index contributed by atoms with van der Waals surface area (Å²) >= 11 is 1.54. The van der Waals surface area contributed by atoms with E-state index in [1.54, 1.807) is 11.8 Å². The zero-order valence-electron chi connectivity index (χ0n) is 21.1. The minimum Gasteiger partial charge on any atom is -0.384 e. The van der Waals surface area contributed by atoms with Crippen LogP contribution in [0, 0.1) is 5.41 Å². The third-order valence-corrected chi connectivity index (χ3v) is 7.98. The molecule has 34 heavy (non-hydrogen) atoms. The molecule has 0 radical (unpaired) electrons. The molecule has 2 aliphatic rings. The molecule has 182 valence electrons. The highest BCUT2D eigenvalue weighted by atomic mass is 32.2. The summed E-state index contributed by atoms with van der Waals surface area (Å²) in [6, 6.07) is 8.98. The summed E-state index contributed by atoms with van der Waals surface area (Å²) in [6.45, 7) is 19.0. The average Bonchev–Trinajstić information content (AvgIpc) is 2.84. The van der Waals surface area contributed by atoms with Gasteiger partial charge in [0.05, 0.1) is 5.56 Å². The van der Waals surface area contributed by atoms with Crippen LogP contribution in [0.4, 0.5) is 5.69 Å². The van der Waals surface area contributed by atoms with Crippen molar-refractivity contribution < 1.29 is 5.41 Å². The molecular weight excluding hydrogens is 434 g/mol. The van der Waals surface area contributed by atoms with Crippen LogP contribution in [0.1, 0.15) is 64.4 Å². The fraction of sp³-hybridized carbons (Fsp3) is 0.433. The highest BCUT2D eigenvalue weighted by Gasteiger charge is 2.26. The van der Waals surface area contributed by atoms with Gasteiger partial charge in [0.25, 0.3) is 0 Å². The molecule has 1 atom stereocenters. The number of thioether (sulfide) groups is 1. The molecule has 0 saturated heterocycles. The van der Waals surface area contributed by atoms with Gasteiger partial charge in [-0.15, -0.1) is 0 Å². The number of rotatable bonds is 11. The molecule has 4 N–H and O–H groups in total.